The maximum Gasteiger partial charge on any atom is 0.249 e. The van der Waals surface area contributed by atoms with Gasteiger partial charge in [0.1, 0.15) is 6.10 Å². The summed E-state index contributed by atoms with van der Waals surface area (Å²) in [6.07, 6.45) is 68.8. The van der Waals surface area contributed by atoms with Gasteiger partial charge in [-0.15, -0.1) is 0 Å². The normalized spacial score (nSPS) is 13.3. The Kier molecular flexibility index (Phi) is 53.9. The van der Waals surface area contributed by atoms with Gasteiger partial charge in [0.2, 0.25) is 5.91 Å². The smallest absolute Gasteiger partial charge is 0.249 e. The fraction of sp³-hybridized carbons (Fsp3) is 0.949. The van der Waals surface area contributed by atoms with E-state index in [0.29, 0.717) is 6.42 Å². The lowest BCUT2D eigenvalue weighted by molar-refractivity contribution is -0.131. The molecule has 0 radical (unpaired) electrons. The van der Waals surface area contributed by atoms with Gasteiger partial charge in [0.15, 0.2) is 0 Å². The van der Waals surface area contributed by atoms with Crippen LogP contribution in [0.2, 0.25) is 0 Å². The van der Waals surface area contributed by atoms with Crippen molar-refractivity contribution < 1.29 is 20.1 Å². The molecule has 0 saturated carbocycles. The van der Waals surface area contributed by atoms with E-state index in [1.165, 1.54) is 283 Å². The maximum absolute atomic E-state index is 12.6. The van der Waals surface area contributed by atoms with Crippen molar-refractivity contribution in [3.8, 4) is 0 Å². The minimum atomic E-state index is -1.09. The highest BCUT2D eigenvalue weighted by atomic mass is 16.3. The topological polar surface area (TPSA) is 89.8 Å². The molecule has 0 aliphatic heterocycles. The first kappa shape index (κ1) is 63.1. The van der Waals surface area contributed by atoms with Gasteiger partial charge in [-0.25, -0.2) is 0 Å². The number of aliphatic hydroxyl groups excluding tert-OH is 3. The van der Waals surface area contributed by atoms with Crippen molar-refractivity contribution in [3.63, 3.8) is 0 Å². The summed E-state index contributed by atoms with van der Waals surface area (Å²) in [4.78, 5) is 12.6. The molecule has 64 heavy (non-hydrogen) atoms. The van der Waals surface area contributed by atoms with Gasteiger partial charge in [-0.1, -0.05) is 328 Å². The van der Waals surface area contributed by atoms with Gasteiger partial charge in [0, 0.05) is 0 Å². The van der Waals surface area contributed by atoms with Crippen LogP contribution in [-0.4, -0.2) is 46.1 Å². The minimum Gasteiger partial charge on any atom is -0.394 e. The number of nitrogens with one attached hydrogen (secondary N) is 1. The van der Waals surface area contributed by atoms with Crippen molar-refractivity contribution >= 4 is 5.91 Å². The molecule has 0 rings (SSSR count). The van der Waals surface area contributed by atoms with Gasteiger partial charge in [-0.2, -0.15) is 0 Å². The number of aliphatic hydroxyl groups is 3. The van der Waals surface area contributed by atoms with E-state index in [4.69, 9.17) is 0 Å². The largest absolute Gasteiger partial charge is 0.394 e. The molecular formula is C59H117NO4. The number of allylic oxidation sites excluding steroid dienone is 1. The summed E-state index contributed by atoms with van der Waals surface area (Å²) < 4.78 is 0. The van der Waals surface area contributed by atoms with E-state index < -0.39 is 24.2 Å². The second kappa shape index (κ2) is 54.7. The van der Waals surface area contributed by atoms with E-state index in [2.05, 4.69) is 19.2 Å². The van der Waals surface area contributed by atoms with Gasteiger partial charge in [0.05, 0.1) is 18.8 Å². The van der Waals surface area contributed by atoms with Crippen LogP contribution in [0.15, 0.2) is 12.2 Å². The molecule has 0 aliphatic rings. The van der Waals surface area contributed by atoms with Gasteiger partial charge >= 0.3 is 0 Å². The van der Waals surface area contributed by atoms with Crippen LogP contribution in [0.4, 0.5) is 0 Å². The Balaban J connectivity index is 3.49. The van der Waals surface area contributed by atoms with Crippen LogP contribution in [-0.2, 0) is 4.79 Å². The molecule has 382 valence electrons. The van der Waals surface area contributed by atoms with Crippen LogP contribution >= 0.6 is 0 Å². The van der Waals surface area contributed by atoms with Crippen molar-refractivity contribution in [2.75, 3.05) is 6.61 Å². The zero-order valence-corrected chi connectivity index (χ0v) is 43.7. The Labute approximate surface area is 401 Å². The molecule has 0 saturated heterocycles. The third-order valence-corrected chi connectivity index (χ3v) is 14.1. The Hall–Kier alpha value is -0.910. The highest BCUT2D eigenvalue weighted by Gasteiger charge is 2.22. The lowest BCUT2D eigenvalue weighted by Crippen LogP contribution is -2.48. The van der Waals surface area contributed by atoms with Crippen molar-refractivity contribution in [2.45, 2.75) is 353 Å². The lowest BCUT2D eigenvalue weighted by Gasteiger charge is -2.21. The van der Waals surface area contributed by atoms with Crippen molar-refractivity contribution in [3.05, 3.63) is 12.2 Å². The van der Waals surface area contributed by atoms with Crippen molar-refractivity contribution in [2.24, 2.45) is 0 Å². The Morgan fingerprint density at radius 1 is 0.375 bits per heavy atom. The maximum atomic E-state index is 12.6. The van der Waals surface area contributed by atoms with E-state index >= 15 is 0 Å². The second-order valence-electron chi connectivity index (χ2n) is 20.6. The first-order valence-electron chi connectivity index (χ1n) is 29.5. The average molecular weight is 905 g/mol. The molecule has 3 unspecified atom stereocenters. The number of carbonyl (C=O) groups excluding carboxylic acids is 1. The molecule has 0 aromatic heterocycles. The molecule has 0 fully saturated rings. The van der Waals surface area contributed by atoms with E-state index in [-0.39, 0.29) is 6.61 Å². The zero-order valence-electron chi connectivity index (χ0n) is 43.7. The van der Waals surface area contributed by atoms with Crippen LogP contribution in [0.3, 0.4) is 0 Å². The Morgan fingerprint density at radius 2 is 0.609 bits per heavy atom. The molecule has 0 aliphatic carbocycles. The number of unbranched alkanes of at least 4 members (excludes halogenated alkanes) is 47. The van der Waals surface area contributed by atoms with E-state index in [0.717, 1.165) is 32.1 Å². The van der Waals surface area contributed by atoms with Crippen LogP contribution in [0.1, 0.15) is 335 Å². The summed E-state index contributed by atoms with van der Waals surface area (Å²) in [7, 11) is 0. The third kappa shape index (κ3) is 49.0. The predicted molar refractivity (Wildman–Crippen MR) is 282 cm³/mol. The van der Waals surface area contributed by atoms with Crippen molar-refractivity contribution in [1.82, 2.24) is 5.32 Å². The first-order valence-corrected chi connectivity index (χ1v) is 29.5. The third-order valence-electron chi connectivity index (χ3n) is 14.1. The first-order chi connectivity index (χ1) is 31.6. The number of hydrogen-bond acceptors (Lipinski definition) is 4. The molecule has 0 aromatic carbocycles. The standard InChI is InChI=1S/C59H117NO4/c1-3-5-7-9-11-13-15-17-19-21-23-24-25-26-27-28-29-30-31-32-33-34-36-38-40-42-44-46-48-50-52-54-58(63)59(64)60-56(55-61)57(62)53-51-49-47-45-43-41-39-37-35-22-20-18-16-14-12-10-8-6-4-2/h51,53,56-58,61-63H,3-50,52,54-55H2,1-2H3,(H,60,64)/b53-51+. The van der Waals surface area contributed by atoms with Crippen LogP contribution < -0.4 is 5.32 Å². The van der Waals surface area contributed by atoms with Gasteiger partial charge in [0.25, 0.3) is 0 Å². The van der Waals surface area contributed by atoms with Crippen LogP contribution in [0, 0.1) is 0 Å². The van der Waals surface area contributed by atoms with Gasteiger partial charge in [-0.05, 0) is 19.3 Å². The van der Waals surface area contributed by atoms with E-state index in [1.807, 2.05) is 6.08 Å². The fourth-order valence-corrected chi connectivity index (χ4v) is 9.54. The average Bonchev–Trinajstić information content (AvgIpc) is 3.30. The lowest BCUT2D eigenvalue weighted by atomic mass is 10.0. The molecule has 0 bridgehead atoms. The summed E-state index contributed by atoms with van der Waals surface area (Å²) in [5.74, 6) is -0.495. The quantitative estimate of drug-likeness (QED) is 0.0362. The Bertz CT molecular complexity index is 909. The molecule has 0 spiro atoms. The zero-order chi connectivity index (χ0) is 46.5. The molecule has 0 heterocycles. The highest BCUT2D eigenvalue weighted by molar-refractivity contribution is 5.80. The van der Waals surface area contributed by atoms with Crippen LogP contribution in [0.25, 0.3) is 0 Å². The number of hydrogen-bond donors (Lipinski definition) is 4. The number of carbonyl (C=O) groups is 1. The predicted octanol–water partition coefficient (Wildman–Crippen LogP) is 18.3. The minimum absolute atomic E-state index is 0.358. The molecule has 1 amide bonds. The van der Waals surface area contributed by atoms with Gasteiger partial charge < -0.3 is 20.6 Å². The number of amides is 1. The van der Waals surface area contributed by atoms with E-state index in [9.17, 15) is 20.1 Å². The highest BCUT2D eigenvalue weighted by Crippen LogP contribution is 2.18. The molecular weight excluding hydrogens is 787 g/mol. The Morgan fingerprint density at radius 3 is 0.859 bits per heavy atom. The summed E-state index contributed by atoms with van der Waals surface area (Å²) in [5, 5.41) is 33.4. The monoisotopic (exact) mass is 904 g/mol. The fourth-order valence-electron chi connectivity index (χ4n) is 9.54. The number of rotatable bonds is 55. The van der Waals surface area contributed by atoms with Crippen molar-refractivity contribution in [1.29, 1.82) is 0 Å². The molecule has 0 aromatic rings. The summed E-state index contributed by atoms with van der Waals surface area (Å²) in [6, 6.07) is -0.794. The molecule has 5 heteroatoms. The molecule has 5 nitrogen and oxygen atoms in total. The SMILES string of the molecule is CCCCCCCCCCCCCCCCCCC/C=C/C(O)C(CO)NC(=O)C(O)CCCCCCCCCCCCCCCCCCCCCCCCCCCCCCCCC. The molecule has 3 atom stereocenters. The summed E-state index contributed by atoms with van der Waals surface area (Å²) >= 11 is 0. The van der Waals surface area contributed by atoms with E-state index in [1.54, 1.807) is 6.08 Å². The molecule has 4 N–H and O–H groups in total. The summed E-state index contributed by atoms with van der Waals surface area (Å²) in [5.41, 5.74) is 0. The van der Waals surface area contributed by atoms with Crippen LogP contribution in [0.5, 0.6) is 0 Å². The van der Waals surface area contributed by atoms with Gasteiger partial charge in [-0.3, -0.25) is 4.79 Å². The second-order valence-corrected chi connectivity index (χ2v) is 20.6. The summed E-state index contributed by atoms with van der Waals surface area (Å²) in [6.45, 7) is 4.23.